The van der Waals surface area contributed by atoms with Crippen LogP contribution in [0.25, 0.3) is 0 Å². The molecule has 2 amide bonds. The molecule has 5 heteroatoms. The third kappa shape index (κ3) is 2.08. The van der Waals surface area contributed by atoms with Crippen molar-refractivity contribution in [2.75, 3.05) is 39.3 Å². The number of rotatable bonds is 3. The van der Waals surface area contributed by atoms with Gasteiger partial charge in [-0.3, -0.25) is 14.5 Å². The first-order valence-electron chi connectivity index (χ1n) is 7.62. The molecule has 3 heterocycles. The van der Waals surface area contributed by atoms with E-state index in [4.69, 9.17) is 0 Å². The molecule has 0 aromatic heterocycles. The number of likely N-dealkylation sites (tertiary alicyclic amines) is 1. The zero-order valence-corrected chi connectivity index (χ0v) is 11.9. The van der Waals surface area contributed by atoms with Gasteiger partial charge in [-0.15, -0.1) is 0 Å². The van der Waals surface area contributed by atoms with Gasteiger partial charge in [0.25, 0.3) is 11.8 Å². The number of nitrogens with zero attached hydrogens (tertiary/aromatic N) is 2. The zero-order chi connectivity index (χ0) is 14.4. The van der Waals surface area contributed by atoms with Gasteiger partial charge >= 0.3 is 0 Å². The highest BCUT2D eigenvalue weighted by atomic mass is 16.2. The van der Waals surface area contributed by atoms with E-state index in [2.05, 4.69) is 10.2 Å². The Kier molecular flexibility index (Phi) is 3.05. The van der Waals surface area contributed by atoms with Crippen molar-refractivity contribution in [3.05, 3.63) is 35.4 Å². The first kappa shape index (κ1) is 13.0. The minimum atomic E-state index is -0.142. The van der Waals surface area contributed by atoms with Gasteiger partial charge < -0.3 is 10.2 Å². The number of benzene rings is 1. The fourth-order valence-electron chi connectivity index (χ4n) is 3.82. The predicted molar refractivity (Wildman–Crippen MR) is 78.1 cm³/mol. The molecule has 2 fully saturated rings. The summed E-state index contributed by atoms with van der Waals surface area (Å²) in [5, 5.41) is 3.42. The highest BCUT2D eigenvalue weighted by Crippen LogP contribution is 2.27. The van der Waals surface area contributed by atoms with E-state index in [1.54, 1.807) is 12.1 Å². The molecule has 1 N–H and O–H groups in total. The number of amides is 2. The summed E-state index contributed by atoms with van der Waals surface area (Å²) in [6, 6.07) is 7.09. The van der Waals surface area contributed by atoms with E-state index in [1.807, 2.05) is 12.1 Å². The van der Waals surface area contributed by atoms with Gasteiger partial charge in [0.05, 0.1) is 11.1 Å². The molecule has 3 aliphatic rings. The van der Waals surface area contributed by atoms with Gasteiger partial charge in [0.2, 0.25) is 0 Å². The Morgan fingerprint density at radius 3 is 2.10 bits per heavy atom. The van der Waals surface area contributed by atoms with Gasteiger partial charge in [-0.25, -0.2) is 0 Å². The summed E-state index contributed by atoms with van der Waals surface area (Å²) in [5.41, 5.74) is 1.09. The summed E-state index contributed by atoms with van der Waals surface area (Å²) in [4.78, 5) is 28.4. The SMILES string of the molecule is O=C1c2ccccc2C(=O)N1CCN1CC2CNCC2C1. The molecule has 0 saturated carbocycles. The Balaban J connectivity index is 1.40. The molecule has 1 aromatic rings. The van der Waals surface area contributed by atoms with Crippen molar-refractivity contribution < 1.29 is 9.59 Å². The average Bonchev–Trinajstić information content (AvgIpc) is 3.13. The van der Waals surface area contributed by atoms with E-state index in [9.17, 15) is 9.59 Å². The highest BCUT2D eigenvalue weighted by Gasteiger charge is 2.38. The number of carbonyl (C=O) groups is 2. The number of hydrogen-bond acceptors (Lipinski definition) is 4. The number of fused-ring (bicyclic) bond motifs is 2. The molecule has 2 unspecified atom stereocenters. The summed E-state index contributed by atoms with van der Waals surface area (Å²) < 4.78 is 0. The maximum atomic E-state index is 12.3. The van der Waals surface area contributed by atoms with Crippen LogP contribution in [0.5, 0.6) is 0 Å². The number of carbonyl (C=O) groups excluding carboxylic acids is 2. The predicted octanol–water partition coefficient (Wildman–Crippen LogP) is 0.434. The monoisotopic (exact) mass is 285 g/mol. The smallest absolute Gasteiger partial charge is 0.261 e. The molecule has 0 spiro atoms. The van der Waals surface area contributed by atoms with Crippen LogP contribution in [0.4, 0.5) is 0 Å². The lowest BCUT2D eigenvalue weighted by Gasteiger charge is -2.20. The molecule has 0 bridgehead atoms. The van der Waals surface area contributed by atoms with Crippen LogP contribution in [0.15, 0.2) is 24.3 Å². The summed E-state index contributed by atoms with van der Waals surface area (Å²) in [5.74, 6) is 1.20. The minimum absolute atomic E-state index is 0.142. The van der Waals surface area contributed by atoms with Crippen LogP contribution >= 0.6 is 0 Å². The number of hydrogen-bond donors (Lipinski definition) is 1. The van der Waals surface area contributed by atoms with E-state index in [0.29, 0.717) is 17.7 Å². The molecule has 0 radical (unpaired) electrons. The molecular weight excluding hydrogens is 266 g/mol. The fourth-order valence-corrected chi connectivity index (χ4v) is 3.82. The maximum Gasteiger partial charge on any atom is 0.261 e. The van der Waals surface area contributed by atoms with E-state index in [-0.39, 0.29) is 11.8 Å². The Morgan fingerprint density at radius 1 is 0.952 bits per heavy atom. The van der Waals surface area contributed by atoms with Crippen LogP contribution in [-0.4, -0.2) is 60.9 Å². The second kappa shape index (κ2) is 4.93. The summed E-state index contributed by atoms with van der Waals surface area (Å²) >= 11 is 0. The molecule has 1 aromatic carbocycles. The first-order chi connectivity index (χ1) is 10.2. The molecular formula is C16H19N3O2. The molecule has 5 nitrogen and oxygen atoms in total. The van der Waals surface area contributed by atoms with Gasteiger partial charge in [-0.2, -0.15) is 0 Å². The summed E-state index contributed by atoms with van der Waals surface area (Å²) in [7, 11) is 0. The van der Waals surface area contributed by atoms with Crippen molar-refractivity contribution in [2.24, 2.45) is 11.8 Å². The molecule has 0 aliphatic carbocycles. The van der Waals surface area contributed by atoms with Crippen molar-refractivity contribution >= 4 is 11.8 Å². The topological polar surface area (TPSA) is 52.7 Å². The quantitative estimate of drug-likeness (QED) is 0.819. The lowest BCUT2D eigenvalue weighted by atomic mass is 10.0. The molecule has 110 valence electrons. The molecule has 21 heavy (non-hydrogen) atoms. The van der Waals surface area contributed by atoms with Crippen molar-refractivity contribution in [2.45, 2.75) is 0 Å². The fraction of sp³-hybridized carbons (Fsp3) is 0.500. The van der Waals surface area contributed by atoms with Crippen molar-refractivity contribution in [3.63, 3.8) is 0 Å². The van der Waals surface area contributed by atoms with Crippen LogP contribution in [-0.2, 0) is 0 Å². The van der Waals surface area contributed by atoms with Crippen molar-refractivity contribution in [1.29, 1.82) is 0 Å². The first-order valence-corrected chi connectivity index (χ1v) is 7.62. The molecule has 3 aliphatic heterocycles. The minimum Gasteiger partial charge on any atom is -0.316 e. The summed E-state index contributed by atoms with van der Waals surface area (Å²) in [6.45, 7) is 5.67. The van der Waals surface area contributed by atoms with E-state index < -0.39 is 0 Å². The standard InChI is InChI=1S/C16H19N3O2/c20-15-13-3-1-2-4-14(13)16(21)19(15)6-5-18-9-11-7-17-8-12(11)10-18/h1-4,11-12,17H,5-10H2. The number of nitrogens with one attached hydrogen (secondary N) is 1. The van der Waals surface area contributed by atoms with E-state index in [1.165, 1.54) is 4.90 Å². The zero-order valence-electron chi connectivity index (χ0n) is 11.9. The maximum absolute atomic E-state index is 12.3. The van der Waals surface area contributed by atoms with E-state index in [0.717, 1.165) is 44.6 Å². The van der Waals surface area contributed by atoms with E-state index >= 15 is 0 Å². The largest absolute Gasteiger partial charge is 0.316 e. The van der Waals surface area contributed by atoms with Crippen LogP contribution in [0.1, 0.15) is 20.7 Å². The van der Waals surface area contributed by atoms with Gasteiger partial charge in [0.15, 0.2) is 0 Å². The Labute approximate surface area is 123 Å². The van der Waals surface area contributed by atoms with Crippen LogP contribution in [0, 0.1) is 11.8 Å². The van der Waals surface area contributed by atoms with Crippen LogP contribution in [0.2, 0.25) is 0 Å². The van der Waals surface area contributed by atoms with Gasteiger partial charge in [0.1, 0.15) is 0 Å². The summed E-state index contributed by atoms with van der Waals surface area (Å²) in [6.07, 6.45) is 0. The third-order valence-electron chi connectivity index (χ3n) is 4.98. The highest BCUT2D eigenvalue weighted by molar-refractivity contribution is 6.21. The Bertz CT molecular complexity index is 554. The van der Waals surface area contributed by atoms with Crippen molar-refractivity contribution in [3.8, 4) is 0 Å². The Morgan fingerprint density at radius 2 is 1.52 bits per heavy atom. The van der Waals surface area contributed by atoms with Crippen molar-refractivity contribution in [1.82, 2.24) is 15.1 Å². The molecule has 4 rings (SSSR count). The average molecular weight is 285 g/mol. The second-order valence-corrected chi connectivity index (χ2v) is 6.25. The third-order valence-corrected chi connectivity index (χ3v) is 4.98. The van der Waals surface area contributed by atoms with Crippen LogP contribution in [0.3, 0.4) is 0 Å². The molecule has 2 atom stereocenters. The molecule has 2 saturated heterocycles. The second-order valence-electron chi connectivity index (χ2n) is 6.25. The lowest BCUT2D eigenvalue weighted by molar-refractivity contribution is 0.0639. The normalized spacial score (nSPS) is 28.3. The van der Waals surface area contributed by atoms with Crippen LogP contribution < -0.4 is 5.32 Å². The lowest BCUT2D eigenvalue weighted by Crippen LogP contribution is -2.38. The van der Waals surface area contributed by atoms with Gasteiger partial charge in [-0.1, -0.05) is 12.1 Å². The Hall–Kier alpha value is -1.72. The van der Waals surface area contributed by atoms with Gasteiger partial charge in [-0.05, 0) is 37.1 Å². The number of imide groups is 1. The van der Waals surface area contributed by atoms with Gasteiger partial charge in [0, 0.05) is 26.2 Å².